The molecule has 0 aliphatic rings. The van der Waals surface area contributed by atoms with Crippen molar-refractivity contribution < 1.29 is 13.9 Å². The van der Waals surface area contributed by atoms with Crippen LogP contribution in [0, 0.1) is 13.8 Å². The molecular weight excluding hydrogens is 316 g/mol. The summed E-state index contributed by atoms with van der Waals surface area (Å²) in [5.74, 6) is 1.54. The highest BCUT2D eigenvalue weighted by molar-refractivity contribution is 5.93. The van der Waals surface area contributed by atoms with Crippen LogP contribution in [0.3, 0.4) is 0 Å². The summed E-state index contributed by atoms with van der Waals surface area (Å²) < 4.78 is 11.1. The van der Waals surface area contributed by atoms with E-state index >= 15 is 0 Å². The highest BCUT2D eigenvalue weighted by Gasteiger charge is 2.09. The molecule has 5 heteroatoms. The van der Waals surface area contributed by atoms with E-state index in [1.165, 1.54) is 5.56 Å². The van der Waals surface area contributed by atoms with Crippen LogP contribution in [0.5, 0.6) is 5.75 Å². The molecule has 3 rings (SSSR count). The van der Waals surface area contributed by atoms with Crippen molar-refractivity contribution in [2.45, 2.75) is 33.6 Å². The quantitative estimate of drug-likeness (QED) is 0.739. The second-order valence-electron chi connectivity index (χ2n) is 6.43. The van der Waals surface area contributed by atoms with Crippen LogP contribution in [0.15, 0.2) is 40.8 Å². The van der Waals surface area contributed by atoms with Gasteiger partial charge in [-0.2, -0.15) is 0 Å². The zero-order valence-electron chi connectivity index (χ0n) is 14.9. The first-order chi connectivity index (χ1) is 11.9. The molecule has 0 fully saturated rings. The van der Waals surface area contributed by atoms with Gasteiger partial charge in [-0.1, -0.05) is 26.0 Å². The van der Waals surface area contributed by atoms with Crippen LogP contribution in [0.2, 0.25) is 0 Å². The number of carbonyl (C=O) groups excluding carboxylic acids is 1. The molecule has 1 amide bonds. The van der Waals surface area contributed by atoms with Gasteiger partial charge in [0.15, 0.2) is 18.1 Å². The molecule has 3 aromatic rings. The summed E-state index contributed by atoms with van der Waals surface area (Å²) in [7, 11) is 0. The number of nitrogens with zero attached hydrogens (tertiary/aromatic N) is 1. The SMILES string of the molecule is Cc1nc2cc(NC(=O)COc3cc(C(C)C)ccc3C)ccc2o1. The van der Waals surface area contributed by atoms with E-state index in [-0.39, 0.29) is 12.5 Å². The summed E-state index contributed by atoms with van der Waals surface area (Å²) >= 11 is 0. The van der Waals surface area contributed by atoms with Gasteiger partial charge in [0.2, 0.25) is 0 Å². The Bertz CT molecular complexity index is 912. The van der Waals surface area contributed by atoms with Crippen molar-refractivity contribution in [1.29, 1.82) is 0 Å². The normalized spacial score (nSPS) is 11.1. The summed E-state index contributed by atoms with van der Waals surface area (Å²) in [6.45, 7) is 7.97. The van der Waals surface area contributed by atoms with Gasteiger partial charge in [0.1, 0.15) is 11.3 Å². The molecule has 25 heavy (non-hydrogen) atoms. The molecule has 2 aromatic carbocycles. The number of anilines is 1. The van der Waals surface area contributed by atoms with Gasteiger partial charge < -0.3 is 14.5 Å². The van der Waals surface area contributed by atoms with Gasteiger partial charge in [-0.05, 0) is 48.2 Å². The predicted octanol–water partition coefficient (Wildman–Crippen LogP) is 4.59. The van der Waals surface area contributed by atoms with E-state index in [4.69, 9.17) is 9.15 Å². The lowest BCUT2D eigenvalue weighted by Crippen LogP contribution is -2.20. The number of ether oxygens (including phenoxy) is 1. The molecular formula is C20H22N2O3. The minimum atomic E-state index is -0.214. The molecule has 0 saturated heterocycles. The Kier molecular flexibility index (Phi) is 4.74. The molecule has 0 bridgehead atoms. The third-order valence-electron chi connectivity index (χ3n) is 4.02. The van der Waals surface area contributed by atoms with E-state index < -0.39 is 0 Å². The number of benzene rings is 2. The number of rotatable bonds is 5. The molecule has 0 spiro atoms. The molecule has 0 unspecified atom stereocenters. The van der Waals surface area contributed by atoms with E-state index in [0.717, 1.165) is 16.8 Å². The Morgan fingerprint density at radius 1 is 1.20 bits per heavy atom. The molecule has 5 nitrogen and oxygen atoms in total. The molecule has 1 N–H and O–H groups in total. The van der Waals surface area contributed by atoms with Crippen LogP contribution in [0.25, 0.3) is 11.1 Å². The van der Waals surface area contributed by atoms with Gasteiger partial charge in [-0.15, -0.1) is 0 Å². The Balaban J connectivity index is 1.65. The predicted molar refractivity (Wildman–Crippen MR) is 98.1 cm³/mol. The first-order valence-electron chi connectivity index (χ1n) is 8.33. The van der Waals surface area contributed by atoms with Crippen LogP contribution in [-0.2, 0) is 4.79 Å². The van der Waals surface area contributed by atoms with Crippen molar-refractivity contribution in [3.63, 3.8) is 0 Å². The second kappa shape index (κ2) is 6.97. The number of aryl methyl sites for hydroxylation is 2. The maximum atomic E-state index is 12.2. The summed E-state index contributed by atoms with van der Waals surface area (Å²) in [4.78, 5) is 16.4. The topological polar surface area (TPSA) is 64.4 Å². The average molecular weight is 338 g/mol. The number of amides is 1. The maximum Gasteiger partial charge on any atom is 0.262 e. The molecule has 0 radical (unpaired) electrons. The minimum absolute atomic E-state index is 0.0434. The van der Waals surface area contributed by atoms with Crippen molar-refractivity contribution in [2.75, 3.05) is 11.9 Å². The molecule has 0 atom stereocenters. The van der Waals surface area contributed by atoms with Crippen molar-refractivity contribution in [3.05, 3.63) is 53.4 Å². The third-order valence-corrected chi connectivity index (χ3v) is 4.02. The standard InChI is InChI=1S/C20H22N2O3/c1-12(2)15-6-5-13(3)19(9-15)24-11-20(23)22-16-7-8-18-17(10-16)21-14(4)25-18/h5-10,12H,11H2,1-4H3,(H,22,23). The first-order valence-corrected chi connectivity index (χ1v) is 8.33. The van der Waals surface area contributed by atoms with Gasteiger partial charge in [0.05, 0.1) is 0 Å². The smallest absolute Gasteiger partial charge is 0.262 e. The minimum Gasteiger partial charge on any atom is -0.483 e. The van der Waals surface area contributed by atoms with Gasteiger partial charge >= 0.3 is 0 Å². The van der Waals surface area contributed by atoms with Crippen LogP contribution in [0.4, 0.5) is 5.69 Å². The zero-order valence-corrected chi connectivity index (χ0v) is 14.9. The van der Waals surface area contributed by atoms with Gasteiger partial charge in [-0.25, -0.2) is 4.98 Å². The van der Waals surface area contributed by atoms with E-state index in [1.54, 1.807) is 25.1 Å². The molecule has 0 saturated carbocycles. The molecule has 1 heterocycles. The number of fused-ring (bicyclic) bond motifs is 1. The summed E-state index contributed by atoms with van der Waals surface area (Å²) in [6.07, 6.45) is 0. The number of aromatic nitrogens is 1. The monoisotopic (exact) mass is 338 g/mol. The number of nitrogens with one attached hydrogen (secondary N) is 1. The maximum absolute atomic E-state index is 12.2. The fourth-order valence-electron chi connectivity index (χ4n) is 2.59. The Morgan fingerprint density at radius 3 is 2.76 bits per heavy atom. The Labute approximate surface area is 147 Å². The van der Waals surface area contributed by atoms with E-state index in [2.05, 4.69) is 30.2 Å². The van der Waals surface area contributed by atoms with Crippen molar-refractivity contribution in [1.82, 2.24) is 4.98 Å². The Hall–Kier alpha value is -2.82. The molecule has 1 aromatic heterocycles. The van der Waals surface area contributed by atoms with Crippen LogP contribution in [0.1, 0.15) is 36.8 Å². The van der Waals surface area contributed by atoms with Crippen LogP contribution in [-0.4, -0.2) is 17.5 Å². The largest absolute Gasteiger partial charge is 0.483 e. The van der Waals surface area contributed by atoms with E-state index in [9.17, 15) is 4.79 Å². The molecule has 0 aliphatic heterocycles. The number of hydrogen-bond donors (Lipinski definition) is 1. The molecule has 130 valence electrons. The summed E-state index contributed by atoms with van der Waals surface area (Å²) in [5, 5.41) is 2.82. The van der Waals surface area contributed by atoms with Crippen LogP contribution < -0.4 is 10.1 Å². The number of carbonyl (C=O) groups is 1. The lowest BCUT2D eigenvalue weighted by Gasteiger charge is -2.13. The fourth-order valence-corrected chi connectivity index (χ4v) is 2.59. The van der Waals surface area contributed by atoms with Crippen molar-refractivity contribution in [2.24, 2.45) is 0 Å². The highest BCUT2D eigenvalue weighted by atomic mass is 16.5. The summed E-state index contributed by atoms with van der Waals surface area (Å²) in [6, 6.07) is 11.5. The van der Waals surface area contributed by atoms with Gasteiger partial charge in [0.25, 0.3) is 5.91 Å². The first kappa shape index (κ1) is 17.0. The number of oxazole rings is 1. The van der Waals surface area contributed by atoms with Gasteiger partial charge in [0, 0.05) is 12.6 Å². The Morgan fingerprint density at radius 2 is 2.00 bits per heavy atom. The zero-order chi connectivity index (χ0) is 18.0. The number of hydrogen-bond acceptors (Lipinski definition) is 4. The highest BCUT2D eigenvalue weighted by Crippen LogP contribution is 2.24. The van der Waals surface area contributed by atoms with Crippen LogP contribution >= 0.6 is 0 Å². The van der Waals surface area contributed by atoms with Gasteiger partial charge in [-0.3, -0.25) is 4.79 Å². The molecule has 0 aliphatic carbocycles. The lowest BCUT2D eigenvalue weighted by atomic mass is 10.0. The van der Waals surface area contributed by atoms with E-state index in [1.807, 2.05) is 19.1 Å². The lowest BCUT2D eigenvalue weighted by molar-refractivity contribution is -0.118. The average Bonchev–Trinajstić information content (AvgIpc) is 2.93. The van der Waals surface area contributed by atoms with Crippen molar-refractivity contribution in [3.8, 4) is 5.75 Å². The fraction of sp³-hybridized carbons (Fsp3) is 0.300. The third kappa shape index (κ3) is 3.99. The van der Waals surface area contributed by atoms with Crippen molar-refractivity contribution >= 4 is 22.7 Å². The summed E-state index contributed by atoms with van der Waals surface area (Å²) in [5.41, 5.74) is 4.29. The second-order valence-corrected chi connectivity index (χ2v) is 6.43. The van der Waals surface area contributed by atoms with E-state index in [0.29, 0.717) is 23.1 Å².